The van der Waals surface area contributed by atoms with Crippen molar-refractivity contribution in [3.63, 3.8) is 0 Å². The van der Waals surface area contributed by atoms with E-state index in [1.165, 1.54) is 12.3 Å². The maximum Gasteiger partial charge on any atom is 0.271 e. The summed E-state index contributed by atoms with van der Waals surface area (Å²) in [5.74, 6) is 2.10. The molecule has 2 N–H and O–H groups in total. The van der Waals surface area contributed by atoms with Gasteiger partial charge in [0.1, 0.15) is 5.75 Å². The Hall–Kier alpha value is -3.10. The van der Waals surface area contributed by atoms with E-state index in [1.54, 1.807) is 24.3 Å². The Labute approximate surface area is 147 Å². The topological polar surface area (TPSA) is 70.9 Å². The van der Waals surface area contributed by atoms with Crippen LogP contribution in [0.5, 0.6) is 5.75 Å². The van der Waals surface area contributed by atoms with Gasteiger partial charge in [-0.2, -0.15) is 5.10 Å². The minimum Gasteiger partial charge on any atom is -0.507 e. The van der Waals surface area contributed by atoms with Gasteiger partial charge in [0.05, 0.1) is 12.8 Å². The summed E-state index contributed by atoms with van der Waals surface area (Å²) in [6, 6.07) is 11.9. The summed E-state index contributed by atoms with van der Waals surface area (Å²) in [5, 5.41) is 13.7. The van der Waals surface area contributed by atoms with Gasteiger partial charge in [0, 0.05) is 23.3 Å². The summed E-state index contributed by atoms with van der Waals surface area (Å²) in [6.45, 7) is 3.30. The number of carbonyl (C=O) groups excluding carboxylic acids is 1. The maximum absolute atomic E-state index is 12.0. The molecule has 0 radical (unpaired) electrons. The summed E-state index contributed by atoms with van der Waals surface area (Å²) < 4.78 is 5.45. The van der Waals surface area contributed by atoms with E-state index in [4.69, 9.17) is 11.2 Å². The molecule has 25 heavy (non-hydrogen) atoms. The average Bonchev–Trinajstić information content (AvgIpc) is 2.63. The molecule has 0 fully saturated rings. The van der Waals surface area contributed by atoms with Crippen LogP contribution in [0.1, 0.15) is 40.4 Å². The van der Waals surface area contributed by atoms with Gasteiger partial charge in [0.2, 0.25) is 0 Å². The largest absolute Gasteiger partial charge is 0.507 e. The first-order chi connectivity index (χ1) is 12.1. The highest BCUT2D eigenvalue weighted by Crippen LogP contribution is 2.16. The molecule has 0 aromatic heterocycles. The highest BCUT2D eigenvalue weighted by molar-refractivity contribution is 5.95. The van der Waals surface area contributed by atoms with Crippen LogP contribution in [-0.2, 0) is 11.3 Å². The molecule has 5 heteroatoms. The third-order valence-corrected chi connectivity index (χ3v) is 3.40. The highest BCUT2D eigenvalue weighted by atomic mass is 16.5. The van der Waals surface area contributed by atoms with Gasteiger partial charge in [-0.05, 0) is 42.3 Å². The Morgan fingerprint density at radius 1 is 1.32 bits per heavy atom. The molecule has 2 aromatic carbocycles. The zero-order valence-electron chi connectivity index (χ0n) is 14.0. The SMILES string of the molecule is C#Cc1ccc(C=NNC(=O)c2ccc(COCCC)cc2)c(O)c1. The molecular weight excluding hydrogens is 316 g/mol. The predicted molar refractivity (Wildman–Crippen MR) is 97.5 cm³/mol. The van der Waals surface area contributed by atoms with Crippen molar-refractivity contribution in [3.05, 3.63) is 64.7 Å². The minimum absolute atomic E-state index is 0.00452. The monoisotopic (exact) mass is 336 g/mol. The molecule has 0 saturated heterocycles. The number of nitrogens with one attached hydrogen (secondary N) is 1. The van der Waals surface area contributed by atoms with Crippen LogP contribution < -0.4 is 5.43 Å². The molecule has 128 valence electrons. The molecule has 0 aliphatic carbocycles. The predicted octanol–water partition coefficient (Wildman–Crippen LogP) is 3.06. The lowest BCUT2D eigenvalue weighted by molar-refractivity contribution is 0.0954. The minimum atomic E-state index is -0.336. The van der Waals surface area contributed by atoms with Crippen LogP contribution in [0.4, 0.5) is 0 Å². The van der Waals surface area contributed by atoms with Gasteiger partial charge in [-0.25, -0.2) is 5.43 Å². The fraction of sp³-hybridized carbons (Fsp3) is 0.200. The van der Waals surface area contributed by atoms with Gasteiger partial charge in [-0.15, -0.1) is 6.42 Å². The summed E-state index contributed by atoms with van der Waals surface area (Å²) in [4.78, 5) is 12.0. The van der Waals surface area contributed by atoms with Crippen LogP contribution in [0.25, 0.3) is 0 Å². The van der Waals surface area contributed by atoms with Crippen molar-refractivity contribution < 1.29 is 14.6 Å². The molecule has 0 spiro atoms. The van der Waals surface area contributed by atoms with Crippen molar-refractivity contribution in [2.75, 3.05) is 6.61 Å². The molecule has 2 aromatic rings. The summed E-state index contributed by atoms with van der Waals surface area (Å²) in [6.07, 6.45) is 7.59. The number of phenolic OH excluding ortho intramolecular Hbond substituents is 1. The second kappa shape index (κ2) is 9.26. The average molecular weight is 336 g/mol. The molecule has 0 unspecified atom stereocenters. The summed E-state index contributed by atoms with van der Waals surface area (Å²) in [5.41, 5.74) is 4.95. The van der Waals surface area contributed by atoms with E-state index in [9.17, 15) is 9.90 Å². The van der Waals surface area contributed by atoms with Gasteiger partial charge in [0.25, 0.3) is 5.91 Å². The Morgan fingerprint density at radius 2 is 2.08 bits per heavy atom. The maximum atomic E-state index is 12.0. The van der Waals surface area contributed by atoms with Crippen LogP contribution in [-0.4, -0.2) is 23.8 Å². The second-order valence-corrected chi connectivity index (χ2v) is 5.37. The van der Waals surface area contributed by atoms with E-state index in [2.05, 4.69) is 23.4 Å². The number of phenols is 1. The van der Waals surface area contributed by atoms with Crippen LogP contribution in [0.3, 0.4) is 0 Å². The van der Waals surface area contributed by atoms with E-state index in [-0.39, 0.29) is 11.7 Å². The number of nitrogens with zero attached hydrogens (tertiary/aromatic N) is 1. The Balaban J connectivity index is 1.92. The number of amides is 1. The molecule has 0 aliphatic rings. The zero-order valence-corrected chi connectivity index (χ0v) is 14.0. The van der Waals surface area contributed by atoms with Crippen molar-refractivity contribution in [3.8, 4) is 18.1 Å². The summed E-state index contributed by atoms with van der Waals surface area (Å²) in [7, 11) is 0. The number of hydrogen-bond acceptors (Lipinski definition) is 4. The molecule has 5 nitrogen and oxygen atoms in total. The summed E-state index contributed by atoms with van der Waals surface area (Å²) >= 11 is 0. The van der Waals surface area contributed by atoms with Gasteiger partial charge < -0.3 is 9.84 Å². The van der Waals surface area contributed by atoms with Crippen LogP contribution in [0.2, 0.25) is 0 Å². The van der Waals surface area contributed by atoms with E-state index in [0.717, 1.165) is 12.0 Å². The molecule has 0 aliphatic heterocycles. The lowest BCUT2D eigenvalue weighted by Crippen LogP contribution is -2.17. The number of rotatable bonds is 7. The number of benzene rings is 2. The standard InChI is InChI=1S/C20H20N2O3/c1-3-11-25-14-16-6-8-17(9-7-16)20(24)22-21-13-18-10-5-15(4-2)12-19(18)23/h2,5-10,12-13,23H,3,11,14H2,1H3,(H,22,24). The van der Waals surface area contributed by atoms with Crippen molar-refractivity contribution >= 4 is 12.1 Å². The van der Waals surface area contributed by atoms with Crippen LogP contribution in [0.15, 0.2) is 47.6 Å². The number of ether oxygens (including phenoxy) is 1. The Morgan fingerprint density at radius 3 is 2.72 bits per heavy atom. The quantitative estimate of drug-likeness (QED) is 0.353. The van der Waals surface area contributed by atoms with Crippen molar-refractivity contribution in [1.29, 1.82) is 0 Å². The molecule has 0 saturated carbocycles. The first-order valence-electron chi connectivity index (χ1n) is 7.93. The molecule has 1 amide bonds. The number of hydrogen-bond donors (Lipinski definition) is 2. The first-order valence-corrected chi connectivity index (χ1v) is 7.93. The van der Waals surface area contributed by atoms with Crippen LogP contribution >= 0.6 is 0 Å². The number of carbonyl (C=O) groups is 1. The van der Waals surface area contributed by atoms with Gasteiger partial charge >= 0.3 is 0 Å². The second-order valence-electron chi connectivity index (χ2n) is 5.37. The third-order valence-electron chi connectivity index (χ3n) is 3.40. The lowest BCUT2D eigenvalue weighted by Gasteiger charge is -2.04. The Kier molecular flexibility index (Phi) is 6.76. The van der Waals surface area contributed by atoms with Crippen molar-refractivity contribution in [2.24, 2.45) is 5.10 Å². The van der Waals surface area contributed by atoms with E-state index < -0.39 is 0 Å². The van der Waals surface area contributed by atoms with Gasteiger partial charge in [0.15, 0.2) is 0 Å². The van der Waals surface area contributed by atoms with E-state index >= 15 is 0 Å². The lowest BCUT2D eigenvalue weighted by atomic mass is 10.1. The number of aromatic hydroxyl groups is 1. The molecule has 0 atom stereocenters. The fourth-order valence-corrected chi connectivity index (χ4v) is 2.05. The fourth-order valence-electron chi connectivity index (χ4n) is 2.05. The third kappa shape index (κ3) is 5.48. The van der Waals surface area contributed by atoms with Gasteiger partial charge in [-0.1, -0.05) is 25.0 Å². The van der Waals surface area contributed by atoms with Crippen LogP contribution in [0, 0.1) is 12.3 Å². The molecule has 2 rings (SSSR count). The number of hydrazone groups is 1. The molecule has 0 heterocycles. The van der Waals surface area contributed by atoms with Gasteiger partial charge in [-0.3, -0.25) is 4.79 Å². The first kappa shape index (κ1) is 18.2. The van der Waals surface area contributed by atoms with E-state index in [0.29, 0.717) is 29.9 Å². The van der Waals surface area contributed by atoms with E-state index in [1.807, 2.05) is 12.1 Å². The zero-order chi connectivity index (χ0) is 18.1. The Bertz CT molecular complexity index is 790. The highest BCUT2D eigenvalue weighted by Gasteiger charge is 2.04. The number of terminal acetylenes is 1. The molecule has 0 bridgehead atoms. The normalized spacial score (nSPS) is 10.6. The van der Waals surface area contributed by atoms with Crippen molar-refractivity contribution in [2.45, 2.75) is 20.0 Å². The molecular formula is C20H20N2O3. The smallest absolute Gasteiger partial charge is 0.271 e. The van der Waals surface area contributed by atoms with Crippen molar-refractivity contribution in [1.82, 2.24) is 5.43 Å².